The van der Waals surface area contributed by atoms with Crippen LogP contribution in [0, 0.1) is 0 Å². The van der Waals surface area contributed by atoms with Crippen LogP contribution < -0.4 is 10.6 Å². The summed E-state index contributed by atoms with van der Waals surface area (Å²) in [5, 5.41) is 10.6. The van der Waals surface area contributed by atoms with Crippen molar-refractivity contribution in [2.24, 2.45) is 4.99 Å². The predicted molar refractivity (Wildman–Crippen MR) is 117 cm³/mol. The minimum Gasteiger partial charge on any atom is -0.361 e. The van der Waals surface area contributed by atoms with E-state index in [9.17, 15) is 4.21 Å². The first-order valence-corrected chi connectivity index (χ1v) is 9.85. The Balaban J connectivity index is 0.00000338. The van der Waals surface area contributed by atoms with E-state index in [1.54, 1.807) is 7.05 Å². The van der Waals surface area contributed by atoms with Gasteiger partial charge in [0.2, 0.25) is 0 Å². The number of benzene rings is 1. The molecule has 8 heteroatoms. The van der Waals surface area contributed by atoms with Gasteiger partial charge in [0, 0.05) is 42.8 Å². The lowest BCUT2D eigenvalue weighted by Gasteiger charge is -2.12. The van der Waals surface area contributed by atoms with Crippen molar-refractivity contribution in [1.82, 2.24) is 15.8 Å². The zero-order valence-corrected chi connectivity index (χ0v) is 18.6. The Kier molecular flexibility index (Phi) is 10.5. The number of halogens is 1. The summed E-state index contributed by atoms with van der Waals surface area (Å²) in [6.07, 6.45) is 1.65. The van der Waals surface area contributed by atoms with Crippen LogP contribution in [0.25, 0.3) is 0 Å². The summed E-state index contributed by atoms with van der Waals surface area (Å²) in [7, 11) is 0.705. The van der Waals surface area contributed by atoms with Crippen molar-refractivity contribution in [2.75, 3.05) is 19.3 Å². The van der Waals surface area contributed by atoms with E-state index in [2.05, 4.69) is 34.6 Å². The van der Waals surface area contributed by atoms with E-state index in [-0.39, 0.29) is 24.0 Å². The SMILES string of the molecule is CCc1noc(CC)c1CNC(=NC)NCCS(=O)c1ccccc1.I. The van der Waals surface area contributed by atoms with Gasteiger partial charge in [0.25, 0.3) is 0 Å². The van der Waals surface area contributed by atoms with Crippen molar-refractivity contribution in [1.29, 1.82) is 0 Å². The summed E-state index contributed by atoms with van der Waals surface area (Å²) in [5.41, 5.74) is 2.07. The second kappa shape index (κ2) is 12.1. The second-order valence-electron chi connectivity index (χ2n) is 5.45. The number of aliphatic imine (C=N–C) groups is 1. The molecular weight excluding hydrogens is 463 g/mol. The quantitative estimate of drug-likeness (QED) is 0.338. The summed E-state index contributed by atoms with van der Waals surface area (Å²) >= 11 is 0. The van der Waals surface area contributed by atoms with Gasteiger partial charge in [0.1, 0.15) is 5.76 Å². The largest absolute Gasteiger partial charge is 0.361 e. The molecule has 0 radical (unpaired) electrons. The molecule has 0 spiro atoms. The number of aryl methyl sites for hydroxylation is 2. The Hall–Kier alpha value is -1.42. The second-order valence-corrected chi connectivity index (χ2v) is 7.02. The molecule has 144 valence electrons. The molecule has 2 N–H and O–H groups in total. The van der Waals surface area contributed by atoms with Gasteiger partial charge >= 0.3 is 0 Å². The predicted octanol–water partition coefficient (Wildman–Crippen LogP) is 2.89. The van der Waals surface area contributed by atoms with Crippen molar-refractivity contribution < 1.29 is 8.73 Å². The van der Waals surface area contributed by atoms with Gasteiger partial charge in [-0.2, -0.15) is 0 Å². The molecule has 1 unspecified atom stereocenters. The van der Waals surface area contributed by atoms with E-state index < -0.39 is 10.8 Å². The van der Waals surface area contributed by atoms with Crippen molar-refractivity contribution in [3.05, 3.63) is 47.3 Å². The summed E-state index contributed by atoms with van der Waals surface area (Å²) in [6.45, 7) is 5.30. The van der Waals surface area contributed by atoms with Gasteiger partial charge in [0.05, 0.1) is 16.5 Å². The third-order valence-corrected chi connectivity index (χ3v) is 5.22. The van der Waals surface area contributed by atoms with Gasteiger partial charge in [-0.3, -0.25) is 9.20 Å². The number of guanidine groups is 1. The van der Waals surface area contributed by atoms with Crippen LogP contribution in [0.5, 0.6) is 0 Å². The van der Waals surface area contributed by atoms with E-state index in [1.165, 1.54) is 0 Å². The van der Waals surface area contributed by atoms with Crippen molar-refractivity contribution >= 4 is 40.7 Å². The zero-order valence-electron chi connectivity index (χ0n) is 15.4. The zero-order chi connectivity index (χ0) is 18.1. The van der Waals surface area contributed by atoms with Gasteiger partial charge in [-0.1, -0.05) is 37.2 Å². The number of rotatable bonds is 8. The molecule has 1 heterocycles. The van der Waals surface area contributed by atoms with Gasteiger partial charge in [-0.25, -0.2) is 0 Å². The van der Waals surface area contributed by atoms with Crippen LogP contribution in [-0.4, -0.2) is 34.7 Å². The average Bonchev–Trinajstić information content (AvgIpc) is 3.07. The van der Waals surface area contributed by atoms with Crippen LogP contribution >= 0.6 is 24.0 Å². The first-order valence-electron chi connectivity index (χ1n) is 8.53. The first-order chi connectivity index (χ1) is 12.2. The van der Waals surface area contributed by atoms with E-state index in [0.29, 0.717) is 24.8 Å². The first kappa shape index (κ1) is 22.6. The van der Waals surface area contributed by atoms with Crippen molar-refractivity contribution in [3.63, 3.8) is 0 Å². The fraction of sp³-hybridized carbons (Fsp3) is 0.444. The van der Waals surface area contributed by atoms with Crippen LogP contribution in [0.15, 0.2) is 44.7 Å². The normalized spacial score (nSPS) is 12.3. The van der Waals surface area contributed by atoms with E-state index in [1.807, 2.05) is 30.3 Å². The van der Waals surface area contributed by atoms with Crippen LogP contribution in [0.4, 0.5) is 0 Å². The highest BCUT2D eigenvalue weighted by Crippen LogP contribution is 2.15. The molecule has 0 aliphatic heterocycles. The minimum atomic E-state index is -1.02. The van der Waals surface area contributed by atoms with E-state index in [4.69, 9.17) is 4.52 Å². The Morgan fingerprint density at radius 2 is 1.92 bits per heavy atom. The molecule has 1 aromatic carbocycles. The smallest absolute Gasteiger partial charge is 0.191 e. The van der Waals surface area contributed by atoms with Gasteiger partial charge < -0.3 is 15.2 Å². The summed E-state index contributed by atoms with van der Waals surface area (Å²) in [4.78, 5) is 5.06. The molecule has 0 aliphatic rings. The molecule has 2 aromatic rings. The summed E-state index contributed by atoms with van der Waals surface area (Å²) < 4.78 is 17.6. The molecule has 0 saturated carbocycles. The highest BCUT2D eigenvalue weighted by molar-refractivity contribution is 14.0. The van der Waals surface area contributed by atoms with Gasteiger partial charge in [0.15, 0.2) is 5.96 Å². The maximum atomic E-state index is 12.2. The summed E-state index contributed by atoms with van der Waals surface area (Å²) in [5.74, 6) is 2.11. The molecule has 0 saturated heterocycles. The maximum Gasteiger partial charge on any atom is 0.191 e. The monoisotopic (exact) mass is 490 g/mol. The molecule has 1 aromatic heterocycles. The minimum absolute atomic E-state index is 0. The molecule has 6 nitrogen and oxygen atoms in total. The highest BCUT2D eigenvalue weighted by Gasteiger charge is 2.13. The highest BCUT2D eigenvalue weighted by atomic mass is 127. The molecule has 1 atom stereocenters. The topological polar surface area (TPSA) is 79.5 Å². The Morgan fingerprint density at radius 3 is 2.54 bits per heavy atom. The standard InChI is InChI=1S/C18H26N4O2S.HI/c1-4-16-15(17(5-2)24-22-16)13-21-18(19-3)20-11-12-25(23)14-9-7-6-8-10-14;/h6-10H,4-5,11-13H2,1-3H3,(H2,19,20,21);1H. The number of nitrogens with one attached hydrogen (secondary N) is 2. The maximum absolute atomic E-state index is 12.2. The number of aromatic nitrogens is 1. The lowest BCUT2D eigenvalue weighted by molar-refractivity contribution is 0.380. The van der Waals surface area contributed by atoms with Crippen molar-refractivity contribution in [3.8, 4) is 0 Å². The molecule has 0 fully saturated rings. The molecular formula is C18H27IN4O2S. The Labute approximate surface area is 174 Å². The third kappa shape index (κ3) is 6.39. The Morgan fingerprint density at radius 1 is 1.19 bits per heavy atom. The number of nitrogens with zero attached hydrogens (tertiary/aromatic N) is 2. The molecule has 2 rings (SSSR count). The number of hydrogen-bond acceptors (Lipinski definition) is 4. The molecule has 0 aliphatic carbocycles. The van der Waals surface area contributed by atoms with Gasteiger partial charge in [-0.05, 0) is 18.6 Å². The summed E-state index contributed by atoms with van der Waals surface area (Å²) in [6, 6.07) is 9.49. The van der Waals surface area contributed by atoms with Crippen LogP contribution in [-0.2, 0) is 30.2 Å². The molecule has 0 bridgehead atoms. The average molecular weight is 490 g/mol. The van der Waals surface area contributed by atoms with Crippen LogP contribution in [0.1, 0.15) is 30.9 Å². The lowest BCUT2D eigenvalue weighted by Crippen LogP contribution is -2.38. The number of hydrogen-bond donors (Lipinski definition) is 2. The van der Waals surface area contributed by atoms with Gasteiger partial charge in [-0.15, -0.1) is 24.0 Å². The molecule has 26 heavy (non-hydrogen) atoms. The van der Waals surface area contributed by atoms with Crippen LogP contribution in [0.3, 0.4) is 0 Å². The van der Waals surface area contributed by atoms with Crippen LogP contribution in [0.2, 0.25) is 0 Å². The Bertz CT molecular complexity index is 698. The van der Waals surface area contributed by atoms with Crippen molar-refractivity contribution in [2.45, 2.75) is 38.1 Å². The lowest BCUT2D eigenvalue weighted by atomic mass is 10.1. The molecule has 0 amide bonds. The fourth-order valence-corrected chi connectivity index (χ4v) is 3.47. The van der Waals surface area contributed by atoms with E-state index >= 15 is 0 Å². The fourth-order valence-electron chi connectivity index (χ4n) is 2.48. The third-order valence-electron chi connectivity index (χ3n) is 3.85. The van der Waals surface area contributed by atoms with E-state index in [0.717, 1.165) is 34.8 Å².